The van der Waals surface area contributed by atoms with Crippen LogP contribution >= 0.6 is 11.6 Å². The van der Waals surface area contributed by atoms with Crippen molar-refractivity contribution in [2.45, 2.75) is 44.1 Å². The molecule has 9 heteroatoms. The van der Waals surface area contributed by atoms with Crippen molar-refractivity contribution in [3.05, 3.63) is 58.6 Å². The molecule has 2 aromatic rings. The number of hydrogen-bond donors (Lipinski definition) is 2. The van der Waals surface area contributed by atoms with E-state index in [1.807, 2.05) is 12.1 Å². The summed E-state index contributed by atoms with van der Waals surface area (Å²) in [6, 6.07) is 10.9. The number of nitrogens with two attached hydrogens (primary N) is 1. The average Bonchev–Trinajstić information content (AvgIpc) is 2.60. The molecule has 0 bridgehead atoms. The Bertz CT molecular complexity index is 1030. The Labute approximate surface area is 175 Å². The lowest BCUT2D eigenvalue weighted by molar-refractivity contribution is -0.123. The van der Waals surface area contributed by atoms with Gasteiger partial charge < -0.3 is 10.1 Å². The minimum atomic E-state index is -4.11. The van der Waals surface area contributed by atoms with E-state index in [9.17, 15) is 18.0 Å². The van der Waals surface area contributed by atoms with Gasteiger partial charge in [0.2, 0.25) is 10.0 Å². The van der Waals surface area contributed by atoms with E-state index in [0.29, 0.717) is 5.69 Å². The minimum Gasteiger partial charge on any atom is -0.449 e. The lowest BCUT2D eigenvalue weighted by Gasteiger charge is -2.19. The third-order valence-corrected chi connectivity index (χ3v) is 5.54. The number of anilines is 1. The van der Waals surface area contributed by atoms with Crippen molar-refractivity contribution in [3.8, 4) is 0 Å². The van der Waals surface area contributed by atoms with E-state index in [0.717, 1.165) is 11.6 Å². The molecule has 0 unspecified atom stereocenters. The Morgan fingerprint density at radius 3 is 2.21 bits per heavy atom. The number of ether oxygens (including phenoxy) is 1. The number of amides is 1. The molecule has 0 spiro atoms. The van der Waals surface area contributed by atoms with Gasteiger partial charge in [-0.3, -0.25) is 4.79 Å². The minimum absolute atomic E-state index is 0.0141. The van der Waals surface area contributed by atoms with Gasteiger partial charge in [-0.2, -0.15) is 0 Å². The van der Waals surface area contributed by atoms with E-state index in [2.05, 4.69) is 26.1 Å². The number of primary sulfonamides is 1. The molecule has 0 radical (unpaired) electrons. The van der Waals surface area contributed by atoms with Crippen molar-refractivity contribution in [2.75, 3.05) is 5.32 Å². The lowest BCUT2D eigenvalue weighted by atomic mass is 9.87. The molecule has 156 valence electrons. The van der Waals surface area contributed by atoms with Crippen LogP contribution in [0.15, 0.2) is 47.4 Å². The van der Waals surface area contributed by atoms with Crippen LogP contribution in [0, 0.1) is 0 Å². The summed E-state index contributed by atoms with van der Waals surface area (Å²) in [5.41, 5.74) is 1.57. The van der Waals surface area contributed by atoms with Gasteiger partial charge in [-0.15, -0.1) is 0 Å². The number of nitrogens with one attached hydrogen (secondary N) is 1. The Morgan fingerprint density at radius 2 is 1.69 bits per heavy atom. The van der Waals surface area contributed by atoms with Gasteiger partial charge in [-0.1, -0.05) is 44.5 Å². The van der Waals surface area contributed by atoms with E-state index in [1.165, 1.54) is 19.1 Å². The number of benzene rings is 2. The standard InChI is InChI=1S/C20H23ClN2O5S/c1-12(18(24)23-15-8-6-14(7-9-15)20(2,3)4)28-19(25)13-5-10-16(21)17(11-13)29(22,26)27/h5-12H,1-4H3,(H,23,24)(H2,22,26,27)/t12-/m1/s1. The fourth-order valence-corrected chi connectivity index (χ4v) is 3.50. The van der Waals surface area contributed by atoms with Crippen LogP contribution in [0.1, 0.15) is 43.6 Å². The van der Waals surface area contributed by atoms with Crippen molar-refractivity contribution in [1.82, 2.24) is 0 Å². The fourth-order valence-electron chi connectivity index (χ4n) is 2.43. The fraction of sp³-hybridized carbons (Fsp3) is 0.300. The summed E-state index contributed by atoms with van der Waals surface area (Å²) in [5, 5.41) is 7.62. The molecule has 0 aliphatic heterocycles. The summed E-state index contributed by atoms with van der Waals surface area (Å²) in [6.07, 6.45) is -1.11. The third kappa shape index (κ3) is 6.03. The summed E-state index contributed by atoms with van der Waals surface area (Å²) >= 11 is 5.80. The first-order valence-electron chi connectivity index (χ1n) is 8.74. The molecule has 3 N–H and O–H groups in total. The molecule has 2 rings (SSSR count). The lowest BCUT2D eigenvalue weighted by Crippen LogP contribution is -2.30. The molecule has 1 amide bonds. The number of rotatable bonds is 5. The van der Waals surface area contributed by atoms with Crippen molar-refractivity contribution in [2.24, 2.45) is 5.14 Å². The summed E-state index contributed by atoms with van der Waals surface area (Å²) in [5.74, 6) is -1.40. The maximum atomic E-state index is 12.3. The van der Waals surface area contributed by atoms with Crippen LogP contribution in [-0.4, -0.2) is 26.4 Å². The van der Waals surface area contributed by atoms with Gasteiger partial charge in [0, 0.05) is 5.69 Å². The second kappa shape index (κ2) is 8.52. The monoisotopic (exact) mass is 438 g/mol. The largest absolute Gasteiger partial charge is 0.449 e. The van der Waals surface area contributed by atoms with Gasteiger partial charge >= 0.3 is 5.97 Å². The predicted molar refractivity (Wildman–Crippen MR) is 111 cm³/mol. The Kier molecular flexibility index (Phi) is 6.72. The summed E-state index contributed by atoms with van der Waals surface area (Å²) in [6.45, 7) is 7.66. The topological polar surface area (TPSA) is 116 Å². The third-order valence-electron chi connectivity index (χ3n) is 4.14. The van der Waals surface area contributed by atoms with E-state index >= 15 is 0 Å². The number of esters is 1. The Balaban J connectivity index is 2.07. The predicted octanol–water partition coefficient (Wildman–Crippen LogP) is 3.47. The smallest absolute Gasteiger partial charge is 0.338 e. The highest BCUT2D eigenvalue weighted by molar-refractivity contribution is 7.89. The normalized spacial score (nSPS) is 12.9. The van der Waals surface area contributed by atoms with Gasteiger partial charge in [0.25, 0.3) is 5.91 Å². The number of halogens is 1. The van der Waals surface area contributed by atoms with Crippen molar-refractivity contribution < 1.29 is 22.7 Å². The van der Waals surface area contributed by atoms with E-state index < -0.39 is 32.9 Å². The van der Waals surface area contributed by atoms with Crippen molar-refractivity contribution >= 4 is 39.2 Å². The van der Waals surface area contributed by atoms with Gasteiger partial charge in [0.05, 0.1) is 10.6 Å². The Hall–Kier alpha value is -2.42. The average molecular weight is 439 g/mol. The first-order chi connectivity index (χ1) is 13.3. The zero-order valence-corrected chi connectivity index (χ0v) is 18.1. The molecule has 0 fully saturated rings. The van der Waals surface area contributed by atoms with Crippen LogP contribution in [0.2, 0.25) is 5.02 Å². The molecule has 0 saturated carbocycles. The number of sulfonamides is 1. The maximum Gasteiger partial charge on any atom is 0.338 e. The second-order valence-corrected chi connectivity index (χ2v) is 9.49. The number of carbonyl (C=O) groups excluding carboxylic acids is 2. The molecular weight excluding hydrogens is 416 g/mol. The molecule has 0 saturated heterocycles. The van der Waals surface area contributed by atoms with E-state index in [4.69, 9.17) is 21.5 Å². The highest BCUT2D eigenvalue weighted by Crippen LogP contribution is 2.24. The van der Waals surface area contributed by atoms with Crippen molar-refractivity contribution in [1.29, 1.82) is 0 Å². The van der Waals surface area contributed by atoms with Gasteiger partial charge in [-0.05, 0) is 48.2 Å². The molecule has 1 atom stereocenters. The summed E-state index contributed by atoms with van der Waals surface area (Å²) in [7, 11) is -4.11. The van der Waals surface area contributed by atoms with Crippen LogP contribution in [0.25, 0.3) is 0 Å². The van der Waals surface area contributed by atoms with Crippen LogP contribution in [0.4, 0.5) is 5.69 Å². The molecular formula is C20H23ClN2O5S. The Morgan fingerprint density at radius 1 is 1.10 bits per heavy atom. The number of hydrogen-bond acceptors (Lipinski definition) is 5. The van der Waals surface area contributed by atoms with Crippen LogP contribution in [-0.2, 0) is 25.0 Å². The van der Waals surface area contributed by atoms with Gasteiger partial charge in [0.1, 0.15) is 4.90 Å². The molecule has 2 aromatic carbocycles. The maximum absolute atomic E-state index is 12.3. The second-order valence-electron chi connectivity index (χ2n) is 7.55. The molecule has 0 heterocycles. The first kappa shape index (κ1) is 22.9. The molecule has 0 aromatic heterocycles. The highest BCUT2D eigenvalue weighted by atomic mass is 35.5. The summed E-state index contributed by atoms with van der Waals surface area (Å²) in [4.78, 5) is 24.2. The van der Waals surface area contributed by atoms with Crippen LogP contribution in [0.3, 0.4) is 0 Å². The van der Waals surface area contributed by atoms with E-state index in [1.54, 1.807) is 12.1 Å². The first-order valence-corrected chi connectivity index (χ1v) is 10.7. The SMILES string of the molecule is C[C@@H](OC(=O)c1ccc(Cl)c(S(N)(=O)=O)c1)C(=O)Nc1ccc(C(C)(C)C)cc1. The molecule has 29 heavy (non-hydrogen) atoms. The molecule has 0 aliphatic carbocycles. The quantitative estimate of drug-likeness (QED) is 0.693. The molecule has 7 nitrogen and oxygen atoms in total. The van der Waals surface area contributed by atoms with E-state index in [-0.39, 0.29) is 16.0 Å². The highest BCUT2D eigenvalue weighted by Gasteiger charge is 2.22. The van der Waals surface area contributed by atoms with Crippen molar-refractivity contribution in [3.63, 3.8) is 0 Å². The molecule has 0 aliphatic rings. The summed E-state index contributed by atoms with van der Waals surface area (Å²) < 4.78 is 28.2. The van der Waals surface area contributed by atoms with Crippen LogP contribution in [0.5, 0.6) is 0 Å². The van der Waals surface area contributed by atoms with Gasteiger partial charge in [0.15, 0.2) is 6.10 Å². The zero-order valence-electron chi connectivity index (χ0n) is 16.5. The number of carbonyl (C=O) groups is 2. The van der Waals surface area contributed by atoms with Gasteiger partial charge in [-0.25, -0.2) is 18.4 Å². The van der Waals surface area contributed by atoms with Crippen LogP contribution < -0.4 is 10.5 Å². The zero-order chi connectivity index (χ0) is 22.0.